The number of nitrogens with zero attached hydrogens (tertiary/aromatic N) is 2. The predicted octanol–water partition coefficient (Wildman–Crippen LogP) is 3.11. The number of ether oxygens (including phenoxy) is 2. The molecule has 1 aliphatic rings. The minimum Gasteiger partial charge on any atom is -0.493 e. The van der Waals surface area contributed by atoms with Crippen molar-refractivity contribution < 1.29 is 22.7 Å². The summed E-state index contributed by atoms with van der Waals surface area (Å²) < 4.78 is 35.7. The summed E-state index contributed by atoms with van der Waals surface area (Å²) >= 11 is 0. The summed E-state index contributed by atoms with van der Waals surface area (Å²) in [6.45, 7) is 7.41. The van der Waals surface area contributed by atoms with Crippen LogP contribution < -0.4 is 9.04 Å². The molecule has 1 aromatic carbocycles. The Bertz CT molecular complexity index is 740. The van der Waals surface area contributed by atoms with Crippen molar-refractivity contribution in [3.05, 3.63) is 24.3 Å². The lowest BCUT2D eigenvalue weighted by Crippen LogP contribution is -2.44. The molecule has 152 valence electrons. The molecule has 0 saturated carbocycles. The first-order valence-electron chi connectivity index (χ1n) is 9.10. The molecule has 8 heteroatoms. The fraction of sp³-hybridized carbons (Fsp3) is 0.632. The third-order valence-electron chi connectivity index (χ3n) is 4.35. The Labute approximate surface area is 162 Å². The van der Waals surface area contributed by atoms with E-state index in [1.807, 2.05) is 20.8 Å². The number of carbonyl (C=O) groups excluding carboxylic acids is 1. The average molecular weight is 399 g/mol. The molecule has 1 atom stereocenters. The van der Waals surface area contributed by atoms with Crippen molar-refractivity contribution in [1.82, 2.24) is 4.90 Å². The van der Waals surface area contributed by atoms with Crippen LogP contribution in [-0.2, 0) is 14.8 Å². The Balaban J connectivity index is 1.88. The van der Waals surface area contributed by atoms with Gasteiger partial charge in [0.1, 0.15) is 11.4 Å². The SMILES string of the molecule is CN(c1ccc(OC[C@H]2CCCN(C(=O)OC(C)(C)C)C2)cc1)S(C)(=O)=O. The molecular formula is C19H30N2O5S. The molecule has 1 aliphatic heterocycles. The summed E-state index contributed by atoms with van der Waals surface area (Å²) in [6.07, 6.45) is 2.80. The molecule has 1 amide bonds. The molecule has 7 nitrogen and oxygen atoms in total. The Morgan fingerprint density at radius 2 is 1.89 bits per heavy atom. The molecule has 2 rings (SSSR count). The lowest BCUT2D eigenvalue weighted by Gasteiger charge is -2.34. The van der Waals surface area contributed by atoms with Crippen molar-refractivity contribution in [3.8, 4) is 5.75 Å². The normalized spacial score (nSPS) is 18.1. The van der Waals surface area contributed by atoms with Crippen molar-refractivity contribution >= 4 is 21.8 Å². The van der Waals surface area contributed by atoms with E-state index in [0.717, 1.165) is 19.1 Å². The topological polar surface area (TPSA) is 76.2 Å². The summed E-state index contributed by atoms with van der Waals surface area (Å²) in [5.41, 5.74) is 0.0834. The van der Waals surface area contributed by atoms with Crippen molar-refractivity contribution in [1.29, 1.82) is 0 Å². The molecule has 0 unspecified atom stereocenters. The standard InChI is InChI=1S/C19H30N2O5S/c1-19(2,3)26-18(22)21-12-6-7-15(13-21)14-25-17-10-8-16(9-11-17)20(4)27(5,23)24/h8-11,15H,6-7,12-14H2,1-5H3/t15-/m0/s1. The van der Waals surface area contributed by atoms with Crippen molar-refractivity contribution in [2.24, 2.45) is 5.92 Å². The number of sulfonamides is 1. The Morgan fingerprint density at radius 1 is 1.26 bits per heavy atom. The van der Waals surface area contributed by atoms with Crippen molar-refractivity contribution in [2.45, 2.75) is 39.2 Å². The van der Waals surface area contributed by atoms with Crippen LogP contribution in [0.4, 0.5) is 10.5 Å². The van der Waals surface area contributed by atoms with Crippen LogP contribution in [0.1, 0.15) is 33.6 Å². The highest BCUT2D eigenvalue weighted by molar-refractivity contribution is 7.92. The number of carbonyl (C=O) groups is 1. The van der Waals surface area contributed by atoms with Gasteiger partial charge in [0, 0.05) is 26.1 Å². The van der Waals surface area contributed by atoms with Crippen molar-refractivity contribution in [3.63, 3.8) is 0 Å². The summed E-state index contributed by atoms with van der Waals surface area (Å²) in [4.78, 5) is 14.0. The van der Waals surface area contributed by atoms with Gasteiger partial charge in [-0.1, -0.05) is 0 Å². The summed E-state index contributed by atoms with van der Waals surface area (Å²) in [7, 11) is -1.77. The maximum atomic E-state index is 12.2. The third-order valence-corrected chi connectivity index (χ3v) is 5.56. The molecule has 1 fully saturated rings. The van der Waals surface area contributed by atoms with Gasteiger partial charge in [0.15, 0.2) is 0 Å². The van der Waals surface area contributed by atoms with E-state index in [1.165, 1.54) is 11.4 Å². The van der Waals surface area contributed by atoms with E-state index in [1.54, 1.807) is 29.2 Å². The molecule has 0 N–H and O–H groups in total. The quantitative estimate of drug-likeness (QED) is 0.762. The van der Waals surface area contributed by atoms with Crippen LogP contribution in [0, 0.1) is 5.92 Å². The molecule has 1 heterocycles. The first-order chi connectivity index (χ1) is 12.5. The highest BCUT2D eigenvalue weighted by Crippen LogP contribution is 2.23. The first-order valence-corrected chi connectivity index (χ1v) is 11.0. The minimum absolute atomic E-state index is 0.240. The van der Waals surface area contributed by atoms with E-state index in [0.29, 0.717) is 31.1 Å². The monoisotopic (exact) mass is 398 g/mol. The van der Waals surface area contributed by atoms with Gasteiger partial charge in [-0.05, 0) is 57.9 Å². The summed E-state index contributed by atoms with van der Waals surface area (Å²) in [5, 5.41) is 0. The molecule has 0 aromatic heterocycles. The van der Waals surface area contributed by atoms with Crippen LogP contribution >= 0.6 is 0 Å². The Hall–Kier alpha value is -1.96. The zero-order valence-corrected chi connectivity index (χ0v) is 17.6. The highest BCUT2D eigenvalue weighted by atomic mass is 32.2. The largest absolute Gasteiger partial charge is 0.493 e. The van der Waals surface area contributed by atoms with E-state index in [4.69, 9.17) is 9.47 Å². The van der Waals surface area contributed by atoms with Crippen LogP contribution in [0.25, 0.3) is 0 Å². The second-order valence-electron chi connectivity index (χ2n) is 7.97. The van der Waals surface area contributed by atoms with Crippen LogP contribution in [0.5, 0.6) is 5.75 Å². The molecule has 0 radical (unpaired) electrons. The van der Waals surface area contributed by atoms with Gasteiger partial charge in [0.25, 0.3) is 0 Å². The van der Waals surface area contributed by atoms with Gasteiger partial charge in [0.05, 0.1) is 18.6 Å². The number of anilines is 1. The van der Waals surface area contributed by atoms with E-state index < -0.39 is 15.6 Å². The van der Waals surface area contributed by atoms with Gasteiger partial charge >= 0.3 is 6.09 Å². The highest BCUT2D eigenvalue weighted by Gasteiger charge is 2.27. The molecular weight excluding hydrogens is 368 g/mol. The minimum atomic E-state index is -3.28. The number of rotatable bonds is 5. The Kier molecular flexibility index (Phi) is 6.62. The second kappa shape index (κ2) is 8.37. The lowest BCUT2D eigenvalue weighted by molar-refractivity contribution is 0.0139. The predicted molar refractivity (Wildman–Crippen MR) is 106 cm³/mol. The molecule has 27 heavy (non-hydrogen) atoms. The van der Waals surface area contributed by atoms with Gasteiger partial charge in [-0.15, -0.1) is 0 Å². The van der Waals surface area contributed by atoms with Gasteiger partial charge in [-0.25, -0.2) is 13.2 Å². The van der Waals surface area contributed by atoms with E-state index >= 15 is 0 Å². The zero-order valence-electron chi connectivity index (χ0n) is 16.8. The van der Waals surface area contributed by atoms with Crippen LogP contribution in [0.2, 0.25) is 0 Å². The van der Waals surface area contributed by atoms with Crippen LogP contribution in [0.15, 0.2) is 24.3 Å². The van der Waals surface area contributed by atoms with Crippen molar-refractivity contribution in [2.75, 3.05) is 37.3 Å². The second-order valence-corrected chi connectivity index (χ2v) is 9.98. The van der Waals surface area contributed by atoms with E-state index in [-0.39, 0.29) is 12.0 Å². The maximum Gasteiger partial charge on any atom is 0.410 e. The third kappa shape index (κ3) is 6.61. The molecule has 0 aliphatic carbocycles. The number of likely N-dealkylation sites (tertiary alicyclic amines) is 1. The van der Waals surface area contributed by atoms with Gasteiger partial charge in [-0.3, -0.25) is 4.31 Å². The lowest BCUT2D eigenvalue weighted by atomic mass is 9.99. The number of hydrogen-bond donors (Lipinski definition) is 0. The summed E-state index contributed by atoms with van der Waals surface area (Å²) in [5.74, 6) is 0.916. The molecule has 0 spiro atoms. The average Bonchev–Trinajstić information content (AvgIpc) is 2.58. The number of amides is 1. The first kappa shape index (κ1) is 21.3. The molecule has 1 saturated heterocycles. The van der Waals surface area contributed by atoms with Crippen LogP contribution in [0.3, 0.4) is 0 Å². The number of benzene rings is 1. The van der Waals surface area contributed by atoms with E-state index in [2.05, 4.69) is 0 Å². The fourth-order valence-corrected chi connectivity index (χ4v) is 3.36. The van der Waals surface area contributed by atoms with E-state index in [9.17, 15) is 13.2 Å². The zero-order chi connectivity index (χ0) is 20.2. The van der Waals surface area contributed by atoms with Gasteiger partial charge in [-0.2, -0.15) is 0 Å². The Morgan fingerprint density at radius 3 is 2.44 bits per heavy atom. The maximum absolute atomic E-state index is 12.2. The number of hydrogen-bond acceptors (Lipinski definition) is 5. The smallest absolute Gasteiger partial charge is 0.410 e. The van der Waals surface area contributed by atoms with Crippen LogP contribution in [-0.4, -0.2) is 58.0 Å². The van der Waals surface area contributed by atoms with Gasteiger partial charge < -0.3 is 14.4 Å². The number of piperidine rings is 1. The fourth-order valence-electron chi connectivity index (χ4n) is 2.85. The summed E-state index contributed by atoms with van der Waals surface area (Å²) in [6, 6.07) is 6.94. The molecule has 1 aromatic rings. The molecule has 0 bridgehead atoms. The van der Waals surface area contributed by atoms with Gasteiger partial charge in [0.2, 0.25) is 10.0 Å².